The van der Waals surface area contributed by atoms with E-state index in [1.807, 2.05) is 0 Å². The molecular formula is C25H38N7O17P3S. The van der Waals surface area contributed by atoms with Crippen LogP contribution >= 0.6 is 35.2 Å². The number of nitrogens with zero attached hydrogens (tertiary/aromatic N) is 4. The Morgan fingerprint density at radius 1 is 1.11 bits per heavy atom. The SMILES string of the molecule is C#CCC(=O)SCCNC(=O)CCNC(=O)C(O)C(C)(C)COP(=O)(O)OP(=O)(O)OCC1OC(n2cnc3c(N)ncnc32)C(O)C1OP(=O)(O)O. The second-order valence-electron chi connectivity index (χ2n) is 11.7. The molecule has 24 nitrogen and oxygen atoms in total. The van der Waals surface area contributed by atoms with Crippen LogP contribution in [0.25, 0.3) is 11.2 Å². The summed E-state index contributed by atoms with van der Waals surface area (Å²) in [5.41, 5.74) is 4.24. The zero-order chi connectivity index (χ0) is 39.8. The van der Waals surface area contributed by atoms with Gasteiger partial charge in [0.15, 0.2) is 17.7 Å². The minimum absolute atomic E-state index is 0.0273. The van der Waals surface area contributed by atoms with Gasteiger partial charge in [-0.15, -0.1) is 6.42 Å². The Bertz CT molecular complexity index is 1820. The number of carbonyl (C=O) groups excluding carboxylic acids is 3. The van der Waals surface area contributed by atoms with E-state index in [-0.39, 0.29) is 53.8 Å². The maximum atomic E-state index is 12.6. The van der Waals surface area contributed by atoms with Crippen LogP contribution in [-0.2, 0) is 50.7 Å². The van der Waals surface area contributed by atoms with Crippen molar-refractivity contribution < 1.29 is 80.5 Å². The van der Waals surface area contributed by atoms with Gasteiger partial charge in [0.25, 0.3) is 0 Å². The van der Waals surface area contributed by atoms with Crippen molar-refractivity contribution in [1.29, 1.82) is 0 Å². The second-order valence-corrected chi connectivity index (χ2v) is 17.1. The van der Waals surface area contributed by atoms with Crippen molar-refractivity contribution >= 4 is 69.1 Å². The monoisotopic (exact) mass is 833 g/mol. The summed E-state index contributed by atoms with van der Waals surface area (Å²) in [6, 6.07) is 0. The molecule has 1 aliphatic heterocycles. The molecule has 1 aliphatic rings. The highest BCUT2D eigenvalue weighted by molar-refractivity contribution is 8.13. The number of phosphoric acid groups is 3. The molecule has 2 amide bonds. The number of aliphatic hydroxyl groups excluding tert-OH is 2. The number of nitrogens with two attached hydrogens (primary N) is 1. The van der Waals surface area contributed by atoms with Crippen LogP contribution in [0.2, 0.25) is 0 Å². The number of hydrogen-bond acceptors (Lipinski definition) is 18. The van der Waals surface area contributed by atoms with Crippen LogP contribution in [0.4, 0.5) is 5.82 Å². The molecule has 1 fully saturated rings. The van der Waals surface area contributed by atoms with E-state index in [9.17, 15) is 57.9 Å². The summed E-state index contributed by atoms with van der Waals surface area (Å²) in [7, 11) is -16.4. The highest BCUT2D eigenvalue weighted by atomic mass is 32.2. The van der Waals surface area contributed by atoms with Crippen LogP contribution in [0.1, 0.15) is 32.9 Å². The van der Waals surface area contributed by atoms with Crippen LogP contribution in [0.3, 0.4) is 0 Å². The number of nitrogens with one attached hydrogen (secondary N) is 2. The molecule has 0 aliphatic carbocycles. The summed E-state index contributed by atoms with van der Waals surface area (Å²) < 4.78 is 61.9. The first-order chi connectivity index (χ1) is 24.6. The van der Waals surface area contributed by atoms with Crippen molar-refractivity contribution in [1.82, 2.24) is 30.2 Å². The van der Waals surface area contributed by atoms with E-state index in [0.717, 1.165) is 29.0 Å². The van der Waals surface area contributed by atoms with Gasteiger partial charge in [-0.25, -0.2) is 28.6 Å². The number of nitrogen functional groups attached to an aromatic ring is 1. The van der Waals surface area contributed by atoms with Gasteiger partial charge >= 0.3 is 23.5 Å². The summed E-state index contributed by atoms with van der Waals surface area (Å²) in [6.45, 7) is 0.402. The molecule has 0 saturated carbocycles. The Labute approximate surface area is 305 Å². The largest absolute Gasteiger partial charge is 0.481 e. The summed E-state index contributed by atoms with van der Waals surface area (Å²) >= 11 is 0.952. The van der Waals surface area contributed by atoms with E-state index in [1.165, 1.54) is 13.8 Å². The van der Waals surface area contributed by atoms with Crippen molar-refractivity contribution in [2.75, 3.05) is 37.8 Å². The fourth-order valence-electron chi connectivity index (χ4n) is 4.43. The lowest BCUT2D eigenvalue weighted by Crippen LogP contribution is -2.46. The third kappa shape index (κ3) is 13.4. The van der Waals surface area contributed by atoms with Crippen molar-refractivity contribution in [3.05, 3.63) is 12.7 Å². The van der Waals surface area contributed by atoms with Gasteiger partial charge in [-0.2, -0.15) is 4.31 Å². The second kappa shape index (κ2) is 18.6. The van der Waals surface area contributed by atoms with E-state index in [0.29, 0.717) is 0 Å². The number of thioether (sulfide) groups is 1. The Morgan fingerprint density at radius 3 is 2.45 bits per heavy atom. The zero-order valence-electron chi connectivity index (χ0n) is 27.9. The number of imidazole rings is 1. The number of aromatic nitrogens is 4. The molecule has 0 bridgehead atoms. The number of ether oxygens (including phenoxy) is 1. The molecule has 7 atom stereocenters. The smallest absolute Gasteiger partial charge is 0.386 e. The van der Waals surface area contributed by atoms with Crippen LogP contribution in [0, 0.1) is 17.8 Å². The Morgan fingerprint density at radius 2 is 1.79 bits per heavy atom. The topological polar surface area (TPSA) is 364 Å². The number of terminal acetylenes is 1. The van der Waals surface area contributed by atoms with Gasteiger partial charge in [-0.1, -0.05) is 31.5 Å². The van der Waals surface area contributed by atoms with E-state index in [4.69, 9.17) is 25.9 Å². The molecule has 2 aromatic heterocycles. The van der Waals surface area contributed by atoms with Crippen LogP contribution in [-0.4, -0.2) is 123 Å². The van der Waals surface area contributed by atoms with Gasteiger partial charge < -0.3 is 50.9 Å². The van der Waals surface area contributed by atoms with Gasteiger partial charge in [0, 0.05) is 30.7 Å². The number of rotatable bonds is 20. The van der Waals surface area contributed by atoms with E-state index >= 15 is 0 Å². The normalized spacial score (nSPS) is 22.0. The first-order valence-corrected chi connectivity index (χ1v) is 20.5. The molecule has 3 heterocycles. The Hall–Kier alpha value is -2.88. The van der Waals surface area contributed by atoms with Crippen molar-refractivity contribution in [3.8, 4) is 12.3 Å². The Kier molecular flexibility index (Phi) is 15.7. The maximum Gasteiger partial charge on any atom is 0.481 e. The molecule has 10 N–H and O–H groups in total. The molecule has 7 unspecified atom stereocenters. The molecule has 2 aromatic rings. The van der Waals surface area contributed by atoms with Crippen molar-refractivity contribution in [3.63, 3.8) is 0 Å². The highest BCUT2D eigenvalue weighted by Gasteiger charge is 2.50. The summed E-state index contributed by atoms with van der Waals surface area (Å²) in [5.74, 6) is 0.991. The number of carbonyl (C=O) groups is 3. The Balaban J connectivity index is 1.52. The minimum Gasteiger partial charge on any atom is -0.386 e. The van der Waals surface area contributed by atoms with Crippen LogP contribution in [0.5, 0.6) is 0 Å². The highest BCUT2D eigenvalue weighted by Crippen LogP contribution is 2.61. The number of phosphoric ester groups is 3. The molecule has 296 valence electrons. The van der Waals surface area contributed by atoms with Crippen LogP contribution < -0.4 is 16.4 Å². The zero-order valence-corrected chi connectivity index (χ0v) is 31.4. The van der Waals surface area contributed by atoms with Gasteiger partial charge in [-0.3, -0.25) is 32.5 Å². The van der Waals surface area contributed by atoms with Crippen molar-refractivity contribution in [2.45, 2.75) is 57.3 Å². The number of anilines is 1. The third-order valence-electron chi connectivity index (χ3n) is 7.01. The molecule has 28 heteroatoms. The van der Waals surface area contributed by atoms with Gasteiger partial charge in [-0.05, 0) is 0 Å². The first kappa shape index (κ1) is 44.5. The lowest BCUT2D eigenvalue weighted by molar-refractivity contribution is -0.137. The van der Waals surface area contributed by atoms with E-state index in [1.54, 1.807) is 0 Å². The van der Waals surface area contributed by atoms with Gasteiger partial charge in [0.05, 0.1) is 26.0 Å². The number of hydrogen-bond donors (Lipinski definition) is 9. The number of aliphatic hydroxyl groups is 2. The summed E-state index contributed by atoms with van der Waals surface area (Å²) in [6.07, 6.45) is -1.96. The van der Waals surface area contributed by atoms with E-state index in [2.05, 4.69) is 40.3 Å². The molecule has 0 aromatic carbocycles. The molecule has 0 spiro atoms. The van der Waals surface area contributed by atoms with Gasteiger partial charge in [0.1, 0.15) is 36.3 Å². The maximum absolute atomic E-state index is 12.6. The molecule has 53 heavy (non-hydrogen) atoms. The lowest BCUT2D eigenvalue weighted by Gasteiger charge is -2.30. The molecule has 3 rings (SSSR count). The molecular weight excluding hydrogens is 795 g/mol. The van der Waals surface area contributed by atoms with Crippen molar-refractivity contribution in [2.24, 2.45) is 5.41 Å². The molecule has 0 radical (unpaired) electrons. The van der Waals surface area contributed by atoms with Gasteiger partial charge in [0.2, 0.25) is 16.9 Å². The molecule has 1 saturated heterocycles. The summed E-state index contributed by atoms with van der Waals surface area (Å²) in [4.78, 5) is 86.6. The standard InChI is InChI=1S/C25H38N7O17P3S/c1-4-5-16(34)53-9-8-27-15(33)6-7-28-23(37)20(36)25(2,3)11-46-52(43,44)49-51(41,42)45-10-14-19(48-50(38,39)40)18(35)24(47-14)32-13-31-17-21(26)29-12-30-22(17)32/h1,12-14,18-20,24,35-36H,5-11H2,2-3H3,(H,27,33)(H,28,37)(H,41,42)(H,43,44)(H2,26,29,30)(H2,38,39,40). The average Bonchev–Trinajstić information content (AvgIpc) is 3.61. The number of fused-ring (bicyclic) bond motifs is 1. The average molecular weight is 834 g/mol. The quantitative estimate of drug-likeness (QED) is 0.0425. The predicted molar refractivity (Wildman–Crippen MR) is 181 cm³/mol. The lowest BCUT2D eigenvalue weighted by atomic mass is 9.87. The predicted octanol–water partition coefficient (Wildman–Crippen LogP) is -1.31. The first-order valence-electron chi connectivity index (χ1n) is 15.0. The number of amides is 2. The fraction of sp³-hybridized carbons (Fsp3) is 0.600. The van der Waals surface area contributed by atoms with Crippen LogP contribution in [0.15, 0.2) is 12.7 Å². The van der Waals surface area contributed by atoms with E-state index < -0.39 is 84.6 Å². The fourth-order valence-corrected chi connectivity index (χ4v) is 7.88. The third-order valence-corrected chi connectivity index (χ3v) is 11.0. The minimum atomic E-state index is -5.57. The summed E-state index contributed by atoms with van der Waals surface area (Å²) in [5, 5.41) is 26.0.